The summed E-state index contributed by atoms with van der Waals surface area (Å²) in [6, 6.07) is 2.19. The van der Waals surface area contributed by atoms with Gasteiger partial charge in [0, 0.05) is 6.42 Å². The molecule has 0 spiro atoms. The van der Waals surface area contributed by atoms with Crippen molar-refractivity contribution in [3.63, 3.8) is 0 Å². The maximum atomic E-state index is 11.5. The third-order valence-corrected chi connectivity index (χ3v) is 2.45. The molecule has 7 heteroatoms. The Hall–Kier alpha value is -1.50. The Morgan fingerprint density at radius 1 is 1.47 bits per heavy atom. The molecule has 1 unspecified atom stereocenters. The van der Waals surface area contributed by atoms with Crippen molar-refractivity contribution in [1.82, 2.24) is 5.32 Å². The summed E-state index contributed by atoms with van der Waals surface area (Å²) < 4.78 is 10.7. The average molecular weight is 334 g/mol. The van der Waals surface area contributed by atoms with Crippen molar-refractivity contribution in [2.45, 2.75) is 38.8 Å². The second kappa shape index (κ2) is 6.10. The maximum Gasteiger partial charge on any atom is 0.408 e. The third-order valence-electron chi connectivity index (χ3n) is 2.02. The number of nitrogens with one attached hydrogen (secondary N) is 1. The van der Waals surface area contributed by atoms with Crippen molar-refractivity contribution in [1.29, 1.82) is 0 Å². The van der Waals surface area contributed by atoms with Crippen molar-refractivity contribution < 1.29 is 23.8 Å². The molecule has 0 fully saturated rings. The molecule has 0 aliphatic rings. The highest BCUT2D eigenvalue weighted by molar-refractivity contribution is 9.10. The minimum atomic E-state index is -1.15. The van der Waals surface area contributed by atoms with Gasteiger partial charge in [-0.25, -0.2) is 9.59 Å². The van der Waals surface area contributed by atoms with Crippen molar-refractivity contribution in [2.75, 3.05) is 0 Å². The number of aliphatic carboxylic acids is 1. The number of rotatable bonds is 4. The summed E-state index contributed by atoms with van der Waals surface area (Å²) in [5, 5.41) is 11.4. The van der Waals surface area contributed by atoms with Gasteiger partial charge in [0.15, 0.2) is 4.67 Å². The predicted molar refractivity (Wildman–Crippen MR) is 70.9 cm³/mol. The van der Waals surface area contributed by atoms with E-state index in [1.807, 2.05) is 0 Å². The lowest BCUT2D eigenvalue weighted by Crippen LogP contribution is -2.44. The molecule has 1 rings (SSSR count). The Morgan fingerprint density at radius 2 is 2.11 bits per heavy atom. The zero-order chi connectivity index (χ0) is 14.6. The summed E-state index contributed by atoms with van der Waals surface area (Å²) in [5.41, 5.74) is -0.680. The smallest absolute Gasteiger partial charge is 0.408 e. The lowest BCUT2D eigenvalue weighted by atomic mass is 10.1. The molecular formula is C12H16BrNO5. The van der Waals surface area contributed by atoms with Crippen LogP contribution in [-0.2, 0) is 16.0 Å². The second-order valence-corrected chi connectivity index (χ2v) is 5.73. The van der Waals surface area contributed by atoms with E-state index in [2.05, 4.69) is 21.2 Å². The molecule has 0 aliphatic carbocycles. The van der Waals surface area contributed by atoms with Crippen LogP contribution in [0.3, 0.4) is 0 Å². The number of halogens is 1. The van der Waals surface area contributed by atoms with Gasteiger partial charge in [-0.3, -0.25) is 0 Å². The molecule has 1 aromatic rings. The van der Waals surface area contributed by atoms with Crippen LogP contribution in [0, 0.1) is 0 Å². The summed E-state index contributed by atoms with van der Waals surface area (Å²) in [6.07, 6.45) is -0.731. The number of hydrogen-bond donors (Lipinski definition) is 2. The minimum absolute atomic E-state index is 0.0418. The lowest BCUT2D eigenvalue weighted by molar-refractivity contribution is -0.139. The number of carboxylic acids is 1. The number of furan rings is 1. The highest BCUT2D eigenvalue weighted by Crippen LogP contribution is 2.16. The molecule has 19 heavy (non-hydrogen) atoms. The molecular weight excluding hydrogens is 318 g/mol. The van der Waals surface area contributed by atoms with Crippen LogP contribution in [0.4, 0.5) is 4.79 Å². The number of carbonyl (C=O) groups excluding carboxylic acids is 1. The SMILES string of the molecule is CC(C)(C)OC(=O)NC(Cc1ccc(Br)o1)C(=O)O. The number of hydrogen-bond acceptors (Lipinski definition) is 4. The van der Waals surface area contributed by atoms with Crippen molar-refractivity contribution >= 4 is 28.0 Å². The van der Waals surface area contributed by atoms with E-state index >= 15 is 0 Å². The Kier molecular flexibility index (Phi) is 4.99. The highest BCUT2D eigenvalue weighted by atomic mass is 79.9. The Balaban J connectivity index is 2.63. The normalized spacial score (nSPS) is 12.8. The summed E-state index contributed by atoms with van der Waals surface area (Å²) >= 11 is 3.12. The van der Waals surface area contributed by atoms with Crippen molar-refractivity contribution in [2.24, 2.45) is 0 Å². The number of carboxylic acid groups (broad SMARTS) is 1. The van der Waals surface area contributed by atoms with Crippen LogP contribution in [0.2, 0.25) is 0 Å². The van der Waals surface area contributed by atoms with E-state index in [1.165, 1.54) is 0 Å². The highest BCUT2D eigenvalue weighted by Gasteiger charge is 2.25. The fourth-order valence-corrected chi connectivity index (χ4v) is 1.65. The molecule has 0 aliphatic heterocycles. The zero-order valence-corrected chi connectivity index (χ0v) is 12.5. The van der Waals surface area contributed by atoms with Crippen LogP contribution in [0.5, 0.6) is 0 Å². The molecule has 106 valence electrons. The molecule has 1 amide bonds. The van der Waals surface area contributed by atoms with E-state index in [0.29, 0.717) is 10.4 Å². The number of alkyl carbamates (subject to hydrolysis) is 1. The van der Waals surface area contributed by atoms with Gasteiger partial charge in [-0.15, -0.1) is 0 Å². The van der Waals surface area contributed by atoms with Crippen LogP contribution in [0.15, 0.2) is 21.2 Å². The molecule has 1 aromatic heterocycles. The molecule has 2 N–H and O–H groups in total. The number of ether oxygens (including phenoxy) is 1. The van der Waals surface area contributed by atoms with Gasteiger partial charge in [-0.2, -0.15) is 0 Å². The molecule has 0 bridgehead atoms. The summed E-state index contributed by atoms with van der Waals surface area (Å²) in [5.74, 6) is -0.700. The molecule has 1 atom stereocenters. The molecule has 0 saturated heterocycles. The first-order valence-electron chi connectivity index (χ1n) is 5.64. The molecule has 6 nitrogen and oxygen atoms in total. The second-order valence-electron chi connectivity index (χ2n) is 4.95. The number of carbonyl (C=O) groups is 2. The van der Waals surface area contributed by atoms with Gasteiger partial charge in [0.05, 0.1) is 0 Å². The summed E-state index contributed by atoms with van der Waals surface area (Å²) in [6.45, 7) is 5.10. The Morgan fingerprint density at radius 3 is 2.53 bits per heavy atom. The first kappa shape index (κ1) is 15.6. The van der Waals surface area contributed by atoms with Crippen molar-refractivity contribution in [3.8, 4) is 0 Å². The predicted octanol–water partition coefficient (Wildman–Crippen LogP) is 2.56. The van der Waals surface area contributed by atoms with Gasteiger partial charge >= 0.3 is 12.1 Å². The molecule has 1 heterocycles. The maximum absolute atomic E-state index is 11.5. The topological polar surface area (TPSA) is 88.8 Å². The van der Waals surface area contributed by atoms with Crippen molar-refractivity contribution in [3.05, 3.63) is 22.6 Å². The van der Waals surface area contributed by atoms with Gasteiger partial charge in [-0.1, -0.05) is 0 Å². The van der Waals surface area contributed by atoms with E-state index in [4.69, 9.17) is 14.3 Å². The zero-order valence-electron chi connectivity index (χ0n) is 10.9. The van der Waals surface area contributed by atoms with Gasteiger partial charge < -0.3 is 19.6 Å². The van der Waals surface area contributed by atoms with Crippen LogP contribution >= 0.6 is 15.9 Å². The van der Waals surface area contributed by atoms with Gasteiger partial charge in [0.25, 0.3) is 0 Å². The Labute approximate surface area is 119 Å². The van der Waals surface area contributed by atoms with Crippen LogP contribution < -0.4 is 5.32 Å². The molecule has 0 aromatic carbocycles. The van der Waals surface area contributed by atoms with Gasteiger partial charge in [0.1, 0.15) is 17.4 Å². The quantitative estimate of drug-likeness (QED) is 0.883. The fraction of sp³-hybridized carbons (Fsp3) is 0.500. The van der Waals surface area contributed by atoms with E-state index in [-0.39, 0.29) is 6.42 Å². The minimum Gasteiger partial charge on any atom is -0.480 e. The third kappa shape index (κ3) is 5.78. The van der Waals surface area contributed by atoms with Crippen LogP contribution in [0.25, 0.3) is 0 Å². The largest absolute Gasteiger partial charge is 0.480 e. The summed E-state index contributed by atoms with van der Waals surface area (Å²) in [7, 11) is 0. The lowest BCUT2D eigenvalue weighted by Gasteiger charge is -2.21. The standard InChI is InChI=1S/C12H16BrNO5/c1-12(2,3)19-11(17)14-8(10(15)16)6-7-4-5-9(13)18-7/h4-5,8H,6H2,1-3H3,(H,14,17)(H,15,16). The molecule has 0 radical (unpaired) electrons. The van der Waals surface area contributed by atoms with Crippen LogP contribution in [0.1, 0.15) is 26.5 Å². The molecule has 0 saturated carbocycles. The van der Waals surface area contributed by atoms with E-state index in [0.717, 1.165) is 0 Å². The average Bonchev–Trinajstić information content (AvgIpc) is 2.60. The van der Waals surface area contributed by atoms with Gasteiger partial charge in [-0.05, 0) is 48.8 Å². The van der Waals surface area contributed by atoms with E-state index < -0.39 is 23.7 Å². The first-order valence-corrected chi connectivity index (χ1v) is 6.43. The van der Waals surface area contributed by atoms with Crippen LogP contribution in [-0.4, -0.2) is 28.8 Å². The number of amides is 1. The van der Waals surface area contributed by atoms with Gasteiger partial charge in [0.2, 0.25) is 0 Å². The van der Waals surface area contributed by atoms with E-state index in [9.17, 15) is 9.59 Å². The van der Waals surface area contributed by atoms with E-state index in [1.54, 1.807) is 32.9 Å². The fourth-order valence-electron chi connectivity index (χ4n) is 1.31. The first-order chi connectivity index (χ1) is 8.67. The summed E-state index contributed by atoms with van der Waals surface area (Å²) in [4.78, 5) is 22.6. The monoisotopic (exact) mass is 333 g/mol. The Bertz CT molecular complexity index is 463.